The molecule has 1 N–H and O–H groups in total. The smallest absolute Gasteiger partial charge is 0.255 e. The molecule has 0 saturated carbocycles. The summed E-state index contributed by atoms with van der Waals surface area (Å²) in [5.74, 6) is 0.376. The Morgan fingerprint density at radius 1 is 1.28 bits per heavy atom. The van der Waals surface area contributed by atoms with Crippen LogP contribution in [0.5, 0.6) is 0 Å². The molecule has 4 nitrogen and oxygen atoms in total. The summed E-state index contributed by atoms with van der Waals surface area (Å²) >= 11 is 1.64. The van der Waals surface area contributed by atoms with E-state index >= 15 is 0 Å². The molecular weight excluding hydrogens is 332 g/mol. The Labute approximate surface area is 150 Å². The van der Waals surface area contributed by atoms with E-state index in [9.17, 15) is 4.79 Å². The first-order valence-corrected chi connectivity index (χ1v) is 8.85. The van der Waals surface area contributed by atoms with Crippen molar-refractivity contribution in [2.75, 3.05) is 0 Å². The Bertz CT molecular complexity index is 919. The number of hydrogen-bond acceptors (Lipinski definition) is 4. The van der Waals surface area contributed by atoms with Crippen LogP contribution in [0.25, 0.3) is 0 Å². The van der Waals surface area contributed by atoms with Crippen molar-refractivity contribution in [3.63, 3.8) is 0 Å². The Morgan fingerprint density at radius 3 is 2.64 bits per heavy atom. The molecule has 3 rings (SSSR count). The fourth-order valence-electron chi connectivity index (χ4n) is 2.80. The SMILES string of the molecule is Cc1ccsc1[C@H](Cc1ccccc1)NC(=O)c1cc(C#N)oc1C. The molecule has 5 heteroatoms. The summed E-state index contributed by atoms with van der Waals surface area (Å²) in [4.78, 5) is 13.9. The average molecular weight is 350 g/mol. The summed E-state index contributed by atoms with van der Waals surface area (Å²) < 4.78 is 5.28. The van der Waals surface area contributed by atoms with Crippen LogP contribution in [0.4, 0.5) is 0 Å². The van der Waals surface area contributed by atoms with Crippen molar-refractivity contribution in [3.8, 4) is 6.07 Å². The third-order valence-corrected chi connectivity index (χ3v) is 5.21. The summed E-state index contributed by atoms with van der Waals surface area (Å²) in [5, 5.41) is 14.1. The molecule has 0 spiro atoms. The van der Waals surface area contributed by atoms with Gasteiger partial charge in [-0.25, -0.2) is 0 Å². The molecule has 1 atom stereocenters. The van der Waals surface area contributed by atoms with Gasteiger partial charge in [0.1, 0.15) is 11.8 Å². The first-order chi connectivity index (χ1) is 12.1. The molecule has 3 aromatic rings. The van der Waals surface area contributed by atoms with E-state index in [1.165, 1.54) is 6.07 Å². The van der Waals surface area contributed by atoms with Gasteiger partial charge in [0.25, 0.3) is 5.91 Å². The second-order valence-corrected chi connectivity index (χ2v) is 6.82. The molecule has 0 aliphatic heterocycles. The Balaban J connectivity index is 1.87. The lowest BCUT2D eigenvalue weighted by molar-refractivity contribution is 0.0935. The molecule has 0 aliphatic rings. The third kappa shape index (κ3) is 3.81. The highest BCUT2D eigenvalue weighted by Gasteiger charge is 2.22. The van der Waals surface area contributed by atoms with Crippen LogP contribution in [0.1, 0.15) is 43.9 Å². The van der Waals surface area contributed by atoms with Crippen molar-refractivity contribution in [2.24, 2.45) is 0 Å². The van der Waals surface area contributed by atoms with Gasteiger partial charge in [-0.15, -0.1) is 11.3 Å². The monoisotopic (exact) mass is 350 g/mol. The van der Waals surface area contributed by atoms with Gasteiger partial charge in [0, 0.05) is 10.9 Å². The minimum absolute atomic E-state index is 0.130. The van der Waals surface area contributed by atoms with Gasteiger partial charge in [-0.3, -0.25) is 4.79 Å². The fraction of sp³-hybridized carbons (Fsp3) is 0.200. The molecule has 0 fully saturated rings. The zero-order valence-electron chi connectivity index (χ0n) is 14.1. The minimum atomic E-state index is -0.225. The molecule has 2 aromatic heterocycles. The maximum Gasteiger partial charge on any atom is 0.255 e. The topological polar surface area (TPSA) is 66.0 Å². The van der Waals surface area contributed by atoms with Gasteiger partial charge in [0.05, 0.1) is 11.6 Å². The van der Waals surface area contributed by atoms with E-state index < -0.39 is 0 Å². The van der Waals surface area contributed by atoms with Crippen molar-refractivity contribution in [1.29, 1.82) is 5.26 Å². The average Bonchev–Trinajstić information content (AvgIpc) is 3.20. The Hall–Kier alpha value is -2.84. The lowest BCUT2D eigenvalue weighted by Gasteiger charge is -2.19. The molecule has 0 unspecified atom stereocenters. The second-order valence-electron chi connectivity index (χ2n) is 5.88. The number of nitriles is 1. The molecule has 1 amide bonds. The molecule has 0 aliphatic carbocycles. The van der Waals surface area contributed by atoms with Gasteiger partial charge in [-0.2, -0.15) is 5.26 Å². The number of nitrogens with zero attached hydrogens (tertiary/aromatic N) is 1. The maximum absolute atomic E-state index is 12.7. The number of aryl methyl sites for hydroxylation is 2. The Kier molecular flexibility index (Phi) is 5.01. The van der Waals surface area contributed by atoms with Gasteiger partial charge in [-0.05, 0) is 42.8 Å². The highest BCUT2D eigenvalue weighted by atomic mass is 32.1. The summed E-state index contributed by atoms with van der Waals surface area (Å²) in [6, 6.07) is 15.4. The van der Waals surface area contributed by atoms with Crippen molar-refractivity contribution < 1.29 is 9.21 Å². The number of carbonyl (C=O) groups excluding carboxylic acids is 1. The predicted octanol–water partition coefficient (Wildman–Crippen LogP) is 4.54. The number of nitrogens with one attached hydrogen (secondary N) is 1. The summed E-state index contributed by atoms with van der Waals surface area (Å²) in [5.41, 5.74) is 2.72. The number of hydrogen-bond donors (Lipinski definition) is 1. The van der Waals surface area contributed by atoms with E-state index in [1.807, 2.05) is 36.6 Å². The highest BCUT2D eigenvalue weighted by molar-refractivity contribution is 7.10. The van der Waals surface area contributed by atoms with Crippen molar-refractivity contribution in [2.45, 2.75) is 26.3 Å². The normalized spacial score (nSPS) is 11.7. The van der Waals surface area contributed by atoms with Crippen LogP contribution >= 0.6 is 11.3 Å². The van der Waals surface area contributed by atoms with Gasteiger partial charge < -0.3 is 9.73 Å². The molecule has 126 valence electrons. The summed E-state index contributed by atoms with van der Waals surface area (Å²) in [6.45, 7) is 3.74. The molecule has 0 radical (unpaired) electrons. The van der Waals surface area contributed by atoms with Crippen LogP contribution in [0.3, 0.4) is 0 Å². The Morgan fingerprint density at radius 2 is 2.04 bits per heavy atom. The van der Waals surface area contributed by atoms with Crippen molar-refractivity contribution >= 4 is 17.2 Å². The summed E-state index contributed by atoms with van der Waals surface area (Å²) in [7, 11) is 0. The van der Waals surface area contributed by atoms with Gasteiger partial charge in [-0.1, -0.05) is 30.3 Å². The first kappa shape index (κ1) is 17.0. The van der Waals surface area contributed by atoms with E-state index in [0.717, 1.165) is 16.0 Å². The third-order valence-electron chi connectivity index (χ3n) is 4.08. The number of furan rings is 1. The largest absolute Gasteiger partial charge is 0.450 e. The van der Waals surface area contributed by atoms with E-state index in [2.05, 4.69) is 23.5 Å². The van der Waals surface area contributed by atoms with Crippen LogP contribution in [-0.2, 0) is 6.42 Å². The lowest BCUT2D eigenvalue weighted by atomic mass is 10.0. The van der Waals surface area contributed by atoms with Crippen LogP contribution in [-0.4, -0.2) is 5.91 Å². The standard InChI is InChI=1S/C20H18N2O2S/c1-13-8-9-25-19(13)18(10-15-6-4-3-5-7-15)22-20(23)17-11-16(12-21)24-14(17)2/h3-9,11,18H,10H2,1-2H3,(H,22,23)/t18-/m0/s1. The molecule has 1 aromatic carbocycles. The van der Waals surface area contributed by atoms with Crippen LogP contribution < -0.4 is 5.32 Å². The van der Waals surface area contributed by atoms with Crippen molar-refractivity contribution in [1.82, 2.24) is 5.32 Å². The molecule has 2 heterocycles. The van der Waals surface area contributed by atoms with E-state index in [0.29, 0.717) is 17.7 Å². The second kappa shape index (κ2) is 7.37. The lowest BCUT2D eigenvalue weighted by Crippen LogP contribution is -2.30. The number of rotatable bonds is 5. The van der Waals surface area contributed by atoms with Crippen LogP contribution in [0, 0.1) is 25.2 Å². The highest BCUT2D eigenvalue weighted by Crippen LogP contribution is 2.27. The van der Waals surface area contributed by atoms with E-state index in [1.54, 1.807) is 18.3 Å². The van der Waals surface area contributed by atoms with Gasteiger partial charge >= 0.3 is 0 Å². The number of thiophene rings is 1. The number of amides is 1. The van der Waals surface area contributed by atoms with Crippen LogP contribution in [0.15, 0.2) is 52.3 Å². The molecule has 25 heavy (non-hydrogen) atoms. The maximum atomic E-state index is 12.7. The molecule has 0 bridgehead atoms. The van der Waals surface area contributed by atoms with E-state index in [4.69, 9.17) is 9.68 Å². The quantitative estimate of drug-likeness (QED) is 0.734. The minimum Gasteiger partial charge on any atom is -0.450 e. The zero-order valence-corrected chi connectivity index (χ0v) is 14.9. The van der Waals surface area contributed by atoms with E-state index in [-0.39, 0.29) is 17.7 Å². The summed E-state index contributed by atoms with van der Waals surface area (Å²) in [6.07, 6.45) is 0.704. The van der Waals surface area contributed by atoms with Crippen molar-refractivity contribution in [3.05, 3.63) is 80.9 Å². The molecular formula is C20H18N2O2S. The van der Waals surface area contributed by atoms with Gasteiger partial charge in [0.15, 0.2) is 0 Å². The molecule has 0 saturated heterocycles. The fourth-order valence-corrected chi connectivity index (χ4v) is 3.78. The van der Waals surface area contributed by atoms with Gasteiger partial charge in [0.2, 0.25) is 5.76 Å². The zero-order chi connectivity index (χ0) is 17.8. The predicted molar refractivity (Wildman–Crippen MR) is 97.6 cm³/mol. The number of carbonyl (C=O) groups is 1. The number of benzene rings is 1. The van der Waals surface area contributed by atoms with Crippen LogP contribution in [0.2, 0.25) is 0 Å². The first-order valence-electron chi connectivity index (χ1n) is 7.97.